The molecule has 1 aliphatic heterocycles. The number of nitrogens with zero attached hydrogens (tertiary/aromatic N) is 2. The summed E-state index contributed by atoms with van der Waals surface area (Å²) in [5.41, 5.74) is 3.25. The third kappa shape index (κ3) is 5.00. The summed E-state index contributed by atoms with van der Waals surface area (Å²) in [6, 6.07) is 11.7. The average molecular weight is 368 g/mol. The number of hydrogen-bond donors (Lipinski definition) is 0. The Morgan fingerprint density at radius 3 is 2.56 bits per heavy atom. The molecular weight excluding hydrogens is 340 g/mol. The Balaban J connectivity index is 1.48. The van der Waals surface area contributed by atoms with Gasteiger partial charge in [-0.1, -0.05) is 29.8 Å². The average Bonchev–Trinajstić information content (AvgIpc) is 2.65. The van der Waals surface area contributed by atoms with Gasteiger partial charge in [0.25, 0.3) is 5.56 Å². The molecule has 0 radical (unpaired) electrons. The van der Waals surface area contributed by atoms with Gasteiger partial charge in [-0.15, -0.1) is 0 Å². The highest BCUT2D eigenvalue weighted by molar-refractivity contribution is 5.76. The van der Waals surface area contributed by atoms with Crippen molar-refractivity contribution in [3.05, 3.63) is 63.6 Å². The van der Waals surface area contributed by atoms with Gasteiger partial charge in [-0.2, -0.15) is 0 Å². The van der Waals surface area contributed by atoms with Crippen LogP contribution in [0.1, 0.15) is 36.1 Å². The summed E-state index contributed by atoms with van der Waals surface area (Å²) in [4.78, 5) is 26.3. The fraction of sp³-hybridized carbons (Fsp3) is 0.455. The number of aromatic nitrogens is 1. The predicted octanol–water partition coefficient (Wildman–Crippen LogP) is 3.00. The second-order valence-corrected chi connectivity index (χ2v) is 7.42. The van der Waals surface area contributed by atoms with Crippen LogP contribution < -0.4 is 10.3 Å². The summed E-state index contributed by atoms with van der Waals surface area (Å²) in [6.45, 7) is 5.38. The lowest BCUT2D eigenvalue weighted by atomic mass is 10.0. The van der Waals surface area contributed by atoms with E-state index in [4.69, 9.17) is 4.74 Å². The molecule has 5 heteroatoms. The molecule has 1 fully saturated rings. The molecule has 0 unspecified atom stereocenters. The van der Waals surface area contributed by atoms with Crippen molar-refractivity contribution in [1.82, 2.24) is 9.47 Å². The molecular formula is C22H28N2O3. The van der Waals surface area contributed by atoms with Crippen LogP contribution in [0.2, 0.25) is 0 Å². The molecule has 0 atom stereocenters. The molecule has 27 heavy (non-hydrogen) atoms. The lowest BCUT2D eigenvalue weighted by Crippen LogP contribution is -2.42. The van der Waals surface area contributed by atoms with Gasteiger partial charge in [0, 0.05) is 51.2 Å². The molecule has 3 rings (SSSR count). The lowest BCUT2D eigenvalue weighted by molar-refractivity contribution is -0.132. The molecule has 2 heterocycles. The van der Waals surface area contributed by atoms with Gasteiger partial charge < -0.3 is 14.2 Å². The molecule has 1 aromatic heterocycles. The summed E-state index contributed by atoms with van der Waals surface area (Å²) in [6.07, 6.45) is 2.97. The molecule has 0 bridgehead atoms. The van der Waals surface area contributed by atoms with Crippen LogP contribution in [0.5, 0.6) is 5.75 Å². The van der Waals surface area contributed by atoms with Gasteiger partial charge in [-0.25, -0.2) is 0 Å². The van der Waals surface area contributed by atoms with Crippen LogP contribution in [-0.2, 0) is 18.3 Å². The molecule has 1 aromatic carbocycles. The van der Waals surface area contributed by atoms with Gasteiger partial charge >= 0.3 is 0 Å². The minimum atomic E-state index is -0.0613. The number of likely N-dealkylation sites (tertiary alicyclic amines) is 1. The van der Waals surface area contributed by atoms with E-state index in [-0.39, 0.29) is 17.6 Å². The maximum atomic E-state index is 12.5. The summed E-state index contributed by atoms with van der Waals surface area (Å²) in [7, 11) is 1.75. The molecule has 5 nitrogen and oxygen atoms in total. The SMILES string of the molecule is Cc1cccc(CCC(=O)N2CCC(Oc3cc(C)n(C)c(=O)c3)CC2)c1. The molecule has 1 saturated heterocycles. The van der Waals surface area contributed by atoms with Crippen LogP contribution in [-0.4, -0.2) is 34.6 Å². The minimum Gasteiger partial charge on any atom is -0.490 e. The van der Waals surface area contributed by atoms with Crippen LogP contribution in [0.3, 0.4) is 0 Å². The van der Waals surface area contributed by atoms with Gasteiger partial charge in [0.05, 0.1) is 0 Å². The van der Waals surface area contributed by atoms with Crippen molar-refractivity contribution in [2.75, 3.05) is 13.1 Å². The fourth-order valence-electron chi connectivity index (χ4n) is 3.50. The predicted molar refractivity (Wildman–Crippen MR) is 106 cm³/mol. The number of pyridine rings is 1. The fourth-order valence-corrected chi connectivity index (χ4v) is 3.50. The maximum absolute atomic E-state index is 12.5. The smallest absolute Gasteiger partial charge is 0.254 e. The zero-order chi connectivity index (χ0) is 19.4. The van der Waals surface area contributed by atoms with E-state index in [2.05, 4.69) is 25.1 Å². The standard InChI is InChI=1S/C22H28N2O3/c1-16-5-4-6-18(13-16)7-8-21(25)24-11-9-19(10-12-24)27-20-14-17(2)23(3)22(26)15-20/h4-6,13-15,19H,7-12H2,1-3H3. The Labute approximate surface area is 160 Å². The number of ether oxygens (including phenoxy) is 1. The third-order valence-corrected chi connectivity index (χ3v) is 5.28. The van der Waals surface area contributed by atoms with E-state index >= 15 is 0 Å². The maximum Gasteiger partial charge on any atom is 0.254 e. The van der Waals surface area contributed by atoms with Crippen molar-refractivity contribution in [3.8, 4) is 5.75 Å². The van der Waals surface area contributed by atoms with Gasteiger partial charge in [0.15, 0.2) is 0 Å². The number of benzene rings is 1. The quantitative estimate of drug-likeness (QED) is 0.815. The van der Waals surface area contributed by atoms with Crippen LogP contribution in [0.4, 0.5) is 0 Å². The second-order valence-electron chi connectivity index (χ2n) is 7.42. The van der Waals surface area contributed by atoms with Gasteiger partial charge in [-0.05, 0) is 31.9 Å². The topological polar surface area (TPSA) is 51.5 Å². The van der Waals surface area contributed by atoms with Gasteiger partial charge in [0.1, 0.15) is 11.9 Å². The van der Waals surface area contributed by atoms with E-state index in [1.54, 1.807) is 11.6 Å². The first-order chi connectivity index (χ1) is 12.9. The van der Waals surface area contributed by atoms with Crippen molar-refractivity contribution in [1.29, 1.82) is 0 Å². The van der Waals surface area contributed by atoms with Gasteiger partial charge in [0.2, 0.25) is 5.91 Å². The van der Waals surface area contributed by atoms with Crippen LogP contribution >= 0.6 is 0 Å². The van der Waals surface area contributed by atoms with E-state index in [0.717, 1.165) is 25.0 Å². The second kappa shape index (κ2) is 8.42. The first-order valence-corrected chi connectivity index (χ1v) is 9.60. The van der Waals surface area contributed by atoms with E-state index in [1.807, 2.05) is 24.0 Å². The lowest BCUT2D eigenvalue weighted by Gasteiger charge is -2.32. The minimum absolute atomic E-state index is 0.0531. The summed E-state index contributed by atoms with van der Waals surface area (Å²) < 4.78 is 7.59. The number of piperidine rings is 1. The molecule has 0 aliphatic carbocycles. The van der Waals surface area contributed by atoms with Crippen LogP contribution in [0, 0.1) is 13.8 Å². The van der Waals surface area contributed by atoms with Crippen LogP contribution in [0.15, 0.2) is 41.2 Å². The zero-order valence-corrected chi connectivity index (χ0v) is 16.4. The highest BCUT2D eigenvalue weighted by atomic mass is 16.5. The molecule has 2 aromatic rings. The highest BCUT2D eigenvalue weighted by Crippen LogP contribution is 2.19. The van der Waals surface area contributed by atoms with E-state index in [1.165, 1.54) is 17.2 Å². The Morgan fingerprint density at radius 2 is 1.89 bits per heavy atom. The van der Waals surface area contributed by atoms with Crippen molar-refractivity contribution in [3.63, 3.8) is 0 Å². The molecule has 0 N–H and O–H groups in total. The molecule has 144 valence electrons. The van der Waals surface area contributed by atoms with Crippen molar-refractivity contribution in [2.24, 2.45) is 7.05 Å². The van der Waals surface area contributed by atoms with Crippen molar-refractivity contribution < 1.29 is 9.53 Å². The Morgan fingerprint density at radius 1 is 1.15 bits per heavy atom. The van der Waals surface area contributed by atoms with E-state index < -0.39 is 0 Å². The number of aryl methyl sites for hydroxylation is 3. The summed E-state index contributed by atoms with van der Waals surface area (Å²) >= 11 is 0. The number of hydrogen-bond acceptors (Lipinski definition) is 3. The van der Waals surface area contributed by atoms with E-state index in [0.29, 0.717) is 25.3 Å². The normalized spacial score (nSPS) is 15.0. The van der Waals surface area contributed by atoms with Gasteiger partial charge in [-0.3, -0.25) is 9.59 Å². The number of carbonyl (C=O) groups excluding carboxylic acids is 1. The molecule has 0 spiro atoms. The first kappa shape index (κ1) is 19.2. The third-order valence-electron chi connectivity index (χ3n) is 5.28. The largest absolute Gasteiger partial charge is 0.490 e. The molecule has 1 aliphatic rings. The Bertz CT molecular complexity index is 864. The molecule has 1 amide bonds. The number of amides is 1. The Kier molecular flexibility index (Phi) is 5.99. The monoisotopic (exact) mass is 368 g/mol. The zero-order valence-electron chi connectivity index (χ0n) is 16.4. The summed E-state index contributed by atoms with van der Waals surface area (Å²) in [5.74, 6) is 0.833. The summed E-state index contributed by atoms with van der Waals surface area (Å²) in [5, 5.41) is 0. The Hall–Kier alpha value is -2.56. The van der Waals surface area contributed by atoms with Crippen molar-refractivity contribution in [2.45, 2.75) is 45.6 Å². The highest BCUT2D eigenvalue weighted by Gasteiger charge is 2.24. The van der Waals surface area contributed by atoms with E-state index in [9.17, 15) is 9.59 Å². The van der Waals surface area contributed by atoms with Crippen LogP contribution in [0.25, 0.3) is 0 Å². The molecule has 0 saturated carbocycles. The van der Waals surface area contributed by atoms with Crippen molar-refractivity contribution >= 4 is 5.91 Å². The number of carbonyl (C=O) groups is 1. The first-order valence-electron chi connectivity index (χ1n) is 9.60. The number of rotatable bonds is 5.